The number of anilines is 2. The zero-order valence-electron chi connectivity index (χ0n) is 17.8. The molecular weight excluding hydrogens is 388 g/mol. The van der Waals surface area contributed by atoms with Crippen LogP contribution in [0.15, 0.2) is 48.7 Å². The van der Waals surface area contributed by atoms with Crippen molar-refractivity contribution >= 4 is 34.1 Å². The van der Waals surface area contributed by atoms with Crippen LogP contribution in [0.25, 0.3) is 10.9 Å². The fourth-order valence-corrected chi connectivity index (χ4v) is 4.32. The van der Waals surface area contributed by atoms with E-state index in [0.29, 0.717) is 24.3 Å². The second-order valence-electron chi connectivity index (χ2n) is 8.21. The monoisotopic (exact) mass is 418 g/mol. The Labute approximate surface area is 182 Å². The van der Waals surface area contributed by atoms with Gasteiger partial charge in [0.25, 0.3) is 5.91 Å². The fourth-order valence-electron chi connectivity index (χ4n) is 4.32. The number of hydrogen-bond donors (Lipinski definition) is 3. The van der Waals surface area contributed by atoms with Crippen LogP contribution in [-0.2, 0) is 17.8 Å². The number of unbranched alkanes of at least 4 members (excludes halogenated alkanes) is 3. The van der Waals surface area contributed by atoms with Crippen LogP contribution >= 0.6 is 0 Å². The van der Waals surface area contributed by atoms with E-state index in [1.54, 1.807) is 12.1 Å². The highest BCUT2D eigenvalue weighted by atomic mass is 16.2. The molecule has 0 bridgehead atoms. The van der Waals surface area contributed by atoms with Crippen LogP contribution in [0, 0.1) is 0 Å². The molecule has 2 amide bonds. The minimum atomic E-state index is -0.0145. The molecular formula is C25H30N4O2. The summed E-state index contributed by atoms with van der Waals surface area (Å²) in [5.41, 5.74) is 10.4. The normalized spacial score (nSPS) is 12.6. The third-order valence-corrected chi connectivity index (χ3v) is 5.92. The number of nitrogens with zero attached hydrogens (tertiary/aromatic N) is 1. The molecule has 0 spiro atoms. The summed E-state index contributed by atoms with van der Waals surface area (Å²) >= 11 is 0. The zero-order chi connectivity index (χ0) is 21.6. The maximum absolute atomic E-state index is 12.7. The Balaban J connectivity index is 1.16. The van der Waals surface area contributed by atoms with Gasteiger partial charge >= 0.3 is 0 Å². The fraction of sp³-hybridized carbons (Fsp3) is 0.360. The SMILES string of the molecule is Nc1ccccc1NC(=O)CCCCCCNC(=O)c1cn2c3c(cccc13)CCC2. The van der Waals surface area contributed by atoms with Crippen molar-refractivity contribution in [1.29, 1.82) is 0 Å². The molecule has 1 aliphatic heterocycles. The maximum atomic E-state index is 12.7. The van der Waals surface area contributed by atoms with Gasteiger partial charge in [0.15, 0.2) is 0 Å². The molecule has 0 atom stereocenters. The molecule has 0 saturated carbocycles. The summed E-state index contributed by atoms with van der Waals surface area (Å²) in [7, 11) is 0. The molecule has 4 rings (SSSR count). The van der Waals surface area contributed by atoms with Gasteiger partial charge in [0.2, 0.25) is 5.91 Å². The standard InChI is InChI=1S/C25H30N4O2/c26-21-12-4-5-13-22(21)28-23(30)14-3-1-2-6-15-27-25(31)20-17-29-16-8-10-18-9-7-11-19(20)24(18)29/h4-5,7,9,11-13,17H,1-3,6,8,10,14-16,26H2,(H,27,31)(H,28,30). The van der Waals surface area contributed by atoms with Gasteiger partial charge in [0.1, 0.15) is 0 Å². The van der Waals surface area contributed by atoms with Crippen molar-refractivity contribution in [2.75, 3.05) is 17.6 Å². The molecule has 4 N–H and O–H groups in total. The number of carbonyl (C=O) groups excluding carboxylic acids is 2. The number of carbonyl (C=O) groups is 2. The summed E-state index contributed by atoms with van der Waals surface area (Å²) in [5.74, 6) is -0.0121. The average Bonchev–Trinajstić information content (AvgIpc) is 3.15. The van der Waals surface area contributed by atoms with E-state index in [1.807, 2.05) is 30.5 Å². The van der Waals surface area contributed by atoms with Crippen LogP contribution in [-0.4, -0.2) is 22.9 Å². The molecule has 162 valence electrons. The summed E-state index contributed by atoms with van der Waals surface area (Å²) in [6, 6.07) is 13.5. The van der Waals surface area contributed by atoms with Crippen molar-refractivity contribution in [2.45, 2.75) is 51.5 Å². The number of rotatable bonds is 9. The molecule has 2 aromatic carbocycles. The van der Waals surface area contributed by atoms with E-state index in [2.05, 4.69) is 21.3 Å². The Morgan fingerprint density at radius 1 is 1.00 bits per heavy atom. The largest absolute Gasteiger partial charge is 0.397 e. The van der Waals surface area contributed by atoms with Crippen LogP contribution in [0.1, 0.15) is 54.4 Å². The van der Waals surface area contributed by atoms with Gasteiger partial charge in [-0.25, -0.2) is 0 Å². The highest BCUT2D eigenvalue weighted by molar-refractivity contribution is 6.07. The Morgan fingerprint density at radius 3 is 2.71 bits per heavy atom. The predicted octanol–water partition coefficient (Wildman–Crippen LogP) is 4.49. The van der Waals surface area contributed by atoms with Gasteiger partial charge in [0.05, 0.1) is 22.5 Å². The molecule has 31 heavy (non-hydrogen) atoms. The van der Waals surface area contributed by atoms with E-state index in [0.717, 1.165) is 56.0 Å². The minimum Gasteiger partial charge on any atom is -0.397 e. The lowest BCUT2D eigenvalue weighted by molar-refractivity contribution is -0.116. The van der Waals surface area contributed by atoms with Crippen LogP contribution in [0.4, 0.5) is 11.4 Å². The Kier molecular flexibility index (Phi) is 6.55. The first-order valence-electron chi connectivity index (χ1n) is 11.2. The van der Waals surface area contributed by atoms with E-state index < -0.39 is 0 Å². The molecule has 0 radical (unpaired) electrons. The molecule has 3 aromatic rings. The first-order chi connectivity index (χ1) is 15.1. The summed E-state index contributed by atoms with van der Waals surface area (Å²) in [5, 5.41) is 6.97. The summed E-state index contributed by atoms with van der Waals surface area (Å²) in [6.07, 6.45) is 8.34. The first kappa shape index (κ1) is 21.0. The highest BCUT2D eigenvalue weighted by Gasteiger charge is 2.19. The first-order valence-corrected chi connectivity index (χ1v) is 11.2. The van der Waals surface area contributed by atoms with Crippen molar-refractivity contribution in [3.63, 3.8) is 0 Å². The van der Waals surface area contributed by atoms with E-state index >= 15 is 0 Å². The second kappa shape index (κ2) is 9.69. The van der Waals surface area contributed by atoms with E-state index in [-0.39, 0.29) is 11.8 Å². The number of para-hydroxylation sites is 3. The topological polar surface area (TPSA) is 89.2 Å². The number of benzene rings is 2. The summed E-state index contributed by atoms with van der Waals surface area (Å²) in [4.78, 5) is 24.7. The molecule has 1 aromatic heterocycles. The quantitative estimate of drug-likeness (QED) is 0.353. The number of nitrogens with one attached hydrogen (secondary N) is 2. The second-order valence-corrected chi connectivity index (χ2v) is 8.21. The number of aryl methyl sites for hydroxylation is 2. The number of hydrogen-bond acceptors (Lipinski definition) is 3. The summed E-state index contributed by atoms with van der Waals surface area (Å²) in [6.45, 7) is 1.63. The molecule has 0 unspecified atom stereocenters. The third-order valence-electron chi connectivity index (χ3n) is 5.92. The van der Waals surface area contributed by atoms with Crippen molar-refractivity contribution in [3.8, 4) is 0 Å². The van der Waals surface area contributed by atoms with Gasteiger partial charge < -0.3 is 20.9 Å². The number of aromatic nitrogens is 1. The zero-order valence-corrected chi connectivity index (χ0v) is 17.8. The van der Waals surface area contributed by atoms with Crippen LogP contribution < -0.4 is 16.4 Å². The molecule has 6 heteroatoms. The van der Waals surface area contributed by atoms with Gasteiger partial charge in [0, 0.05) is 31.1 Å². The number of amides is 2. The Bertz CT molecular complexity index is 1090. The minimum absolute atomic E-state index is 0.00243. The highest BCUT2D eigenvalue weighted by Crippen LogP contribution is 2.29. The van der Waals surface area contributed by atoms with Gasteiger partial charge in [-0.2, -0.15) is 0 Å². The Morgan fingerprint density at radius 2 is 1.84 bits per heavy atom. The van der Waals surface area contributed by atoms with E-state index in [4.69, 9.17) is 5.73 Å². The van der Waals surface area contributed by atoms with E-state index in [9.17, 15) is 9.59 Å². The van der Waals surface area contributed by atoms with Crippen molar-refractivity contribution in [2.24, 2.45) is 0 Å². The van der Waals surface area contributed by atoms with Crippen LogP contribution in [0.3, 0.4) is 0 Å². The number of nitrogens with two attached hydrogens (primary N) is 1. The lowest BCUT2D eigenvalue weighted by Gasteiger charge is -2.14. The molecule has 2 heterocycles. The third kappa shape index (κ3) is 4.90. The maximum Gasteiger partial charge on any atom is 0.253 e. The molecule has 0 saturated heterocycles. The molecule has 0 aliphatic carbocycles. The van der Waals surface area contributed by atoms with Crippen molar-refractivity contribution in [3.05, 3.63) is 59.8 Å². The Hall–Kier alpha value is -3.28. The smallest absolute Gasteiger partial charge is 0.253 e. The van der Waals surface area contributed by atoms with Gasteiger partial charge in [-0.1, -0.05) is 43.2 Å². The van der Waals surface area contributed by atoms with Crippen molar-refractivity contribution < 1.29 is 9.59 Å². The van der Waals surface area contributed by atoms with Gasteiger partial charge in [-0.05, 0) is 43.4 Å². The lowest BCUT2D eigenvalue weighted by Crippen LogP contribution is -2.24. The van der Waals surface area contributed by atoms with Crippen LogP contribution in [0.2, 0.25) is 0 Å². The molecule has 0 fully saturated rings. The summed E-state index contributed by atoms with van der Waals surface area (Å²) < 4.78 is 2.22. The molecule has 1 aliphatic rings. The van der Waals surface area contributed by atoms with Gasteiger partial charge in [-0.15, -0.1) is 0 Å². The van der Waals surface area contributed by atoms with Gasteiger partial charge in [-0.3, -0.25) is 9.59 Å². The molecule has 6 nitrogen and oxygen atoms in total. The van der Waals surface area contributed by atoms with Crippen molar-refractivity contribution in [1.82, 2.24) is 9.88 Å². The predicted molar refractivity (Wildman–Crippen MR) is 125 cm³/mol. The lowest BCUT2D eigenvalue weighted by atomic mass is 10.0. The average molecular weight is 419 g/mol. The van der Waals surface area contributed by atoms with Crippen LogP contribution in [0.5, 0.6) is 0 Å². The van der Waals surface area contributed by atoms with E-state index in [1.165, 1.54) is 11.1 Å². The number of nitrogen functional groups attached to an aromatic ring is 1.